The van der Waals surface area contributed by atoms with Crippen molar-refractivity contribution in [2.75, 3.05) is 20.3 Å². The second-order valence-electron chi connectivity index (χ2n) is 6.84. The van der Waals surface area contributed by atoms with Crippen molar-refractivity contribution >= 4 is 11.7 Å². The summed E-state index contributed by atoms with van der Waals surface area (Å²) < 4.78 is 5.18. The highest BCUT2D eigenvalue weighted by atomic mass is 16.5. The van der Waals surface area contributed by atoms with E-state index in [0.717, 1.165) is 16.7 Å². The van der Waals surface area contributed by atoms with Gasteiger partial charge in [0.15, 0.2) is 5.78 Å². The Hall–Kier alpha value is -3.24. The predicted molar refractivity (Wildman–Crippen MR) is 108 cm³/mol. The summed E-state index contributed by atoms with van der Waals surface area (Å²) in [5.74, 6) is -0.126. The summed E-state index contributed by atoms with van der Waals surface area (Å²) >= 11 is 0. The van der Waals surface area contributed by atoms with Gasteiger partial charge >= 0.3 is 0 Å². The molecule has 0 N–H and O–H groups in total. The Morgan fingerprint density at radius 3 is 2.29 bits per heavy atom. The summed E-state index contributed by atoms with van der Waals surface area (Å²) in [5, 5.41) is 0. The van der Waals surface area contributed by atoms with Crippen molar-refractivity contribution in [1.82, 2.24) is 4.90 Å². The number of carbonyl (C=O) groups excluding carboxylic acids is 2. The highest BCUT2D eigenvalue weighted by molar-refractivity contribution is 6.22. The fourth-order valence-electron chi connectivity index (χ4n) is 3.60. The van der Waals surface area contributed by atoms with E-state index in [0.29, 0.717) is 36.4 Å². The number of benzene rings is 3. The molecule has 3 aromatic rings. The lowest BCUT2D eigenvalue weighted by Crippen LogP contribution is -2.33. The lowest BCUT2D eigenvalue weighted by molar-refractivity contribution is 0.0680. The number of fused-ring (bicyclic) bond motifs is 3. The first-order valence-electron chi connectivity index (χ1n) is 9.29. The third-order valence-electron chi connectivity index (χ3n) is 5.04. The van der Waals surface area contributed by atoms with Crippen LogP contribution >= 0.6 is 0 Å². The van der Waals surface area contributed by atoms with Gasteiger partial charge in [-0.3, -0.25) is 9.59 Å². The summed E-state index contributed by atoms with van der Waals surface area (Å²) in [5.41, 5.74) is 4.69. The summed E-state index contributed by atoms with van der Waals surface area (Å²) in [6.07, 6.45) is 0. The number of ketones is 1. The number of methoxy groups -OCH3 is 1. The van der Waals surface area contributed by atoms with E-state index in [1.807, 2.05) is 60.7 Å². The molecule has 28 heavy (non-hydrogen) atoms. The number of ether oxygens (including phenoxy) is 1. The molecule has 0 bridgehead atoms. The van der Waals surface area contributed by atoms with Crippen LogP contribution in [-0.4, -0.2) is 36.9 Å². The molecule has 1 amide bonds. The first-order valence-corrected chi connectivity index (χ1v) is 9.29. The summed E-state index contributed by atoms with van der Waals surface area (Å²) in [6.45, 7) is 1.43. The molecule has 0 heterocycles. The predicted octanol–water partition coefficient (Wildman–Crippen LogP) is 4.19. The first kappa shape index (κ1) is 18.1. The molecule has 0 saturated carbocycles. The van der Waals surface area contributed by atoms with E-state index in [4.69, 9.17) is 4.74 Å². The maximum Gasteiger partial charge on any atom is 0.254 e. The largest absolute Gasteiger partial charge is 0.383 e. The second-order valence-corrected chi connectivity index (χ2v) is 6.84. The number of rotatable bonds is 6. The fraction of sp³-hybridized carbons (Fsp3) is 0.167. The standard InChI is InChI=1S/C24H21NO3/c1-28-14-13-25(16-17-7-3-2-4-8-17)24(27)18-11-12-20-19-9-5-6-10-21(19)23(26)22(20)15-18/h2-12,15H,13-14,16H2,1H3. The summed E-state index contributed by atoms with van der Waals surface area (Å²) in [4.78, 5) is 27.7. The number of amides is 1. The third kappa shape index (κ3) is 3.35. The van der Waals surface area contributed by atoms with Gasteiger partial charge in [-0.15, -0.1) is 0 Å². The van der Waals surface area contributed by atoms with Gasteiger partial charge in [0.1, 0.15) is 0 Å². The van der Waals surface area contributed by atoms with Crippen molar-refractivity contribution in [3.05, 3.63) is 95.1 Å². The Labute approximate surface area is 164 Å². The zero-order chi connectivity index (χ0) is 19.5. The average molecular weight is 371 g/mol. The van der Waals surface area contributed by atoms with E-state index in [1.165, 1.54) is 0 Å². The third-order valence-corrected chi connectivity index (χ3v) is 5.04. The molecule has 0 aromatic heterocycles. The molecule has 0 aliphatic heterocycles. The number of nitrogens with zero attached hydrogens (tertiary/aromatic N) is 1. The molecule has 140 valence electrons. The van der Waals surface area contributed by atoms with Gasteiger partial charge in [0.25, 0.3) is 5.91 Å². The Balaban J connectivity index is 1.64. The van der Waals surface area contributed by atoms with Crippen molar-refractivity contribution in [2.45, 2.75) is 6.54 Å². The zero-order valence-electron chi connectivity index (χ0n) is 15.7. The maximum absolute atomic E-state index is 13.2. The van der Waals surface area contributed by atoms with Gasteiger partial charge < -0.3 is 9.64 Å². The Morgan fingerprint density at radius 2 is 1.54 bits per heavy atom. The van der Waals surface area contributed by atoms with Crippen LogP contribution in [0.25, 0.3) is 11.1 Å². The lowest BCUT2D eigenvalue weighted by atomic mass is 10.0. The molecule has 0 atom stereocenters. The van der Waals surface area contributed by atoms with Crippen LogP contribution in [0.15, 0.2) is 72.8 Å². The van der Waals surface area contributed by atoms with Crippen molar-refractivity contribution in [3.8, 4) is 11.1 Å². The van der Waals surface area contributed by atoms with Crippen LogP contribution in [0.3, 0.4) is 0 Å². The van der Waals surface area contributed by atoms with Crippen LogP contribution in [0, 0.1) is 0 Å². The molecular formula is C24H21NO3. The molecule has 0 fully saturated rings. The summed E-state index contributed by atoms with van der Waals surface area (Å²) in [7, 11) is 1.62. The SMILES string of the molecule is COCCN(Cc1ccccc1)C(=O)c1ccc2c(c1)C(=O)c1ccccc1-2. The van der Waals surface area contributed by atoms with E-state index in [2.05, 4.69) is 0 Å². The molecule has 4 rings (SSSR count). The lowest BCUT2D eigenvalue weighted by Gasteiger charge is -2.23. The van der Waals surface area contributed by atoms with Crippen molar-refractivity contribution in [2.24, 2.45) is 0 Å². The van der Waals surface area contributed by atoms with Crippen molar-refractivity contribution in [1.29, 1.82) is 0 Å². The van der Waals surface area contributed by atoms with E-state index < -0.39 is 0 Å². The van der Waals surface area contributed by atoms with Crippen LogP contribution in [-0.2, 0) is 11.3 Å². The van der Waals surface area contributed by atoms with E-state index in [1.54, 1.807) is 24.1 Å². The van der Waals surface area contributed by atoms with Crippen molar-refractivity contribution < 1.29 is 14.3 Å². The monoisotopic (exact) mass is 371 g/mol. The van der Waals surface area contributed by atoms with E-state index in [-0.39, 0.29) is 11.7 Å². The number of hydrogen-bond donors (Lipinski definition) is 0. The first-order chi connectivity index (χ1) is 13.7. The van der Waals surface area contributed by atoms with Gasteiger partial charge in [-0.25, -0.2) is 0 Å². The van der Waals surface area contributed by atoms with Gasteiger partial charge in [-0.05, 0) is 28.8 Å². The van der Waals surface area contributed by atoms with Crippen LogP contribution in [0.1, 0.15) is 31.8 Å². The van der Waals surface area contributed by atoms with E-state index in [9.17, 15) is 9.59 Å². The van der Waals surface area contributed by atoms with Gasteiger partial charge in [0.05, 0.1) is 6.61 Å². The highest BCUT2D eigenvalue weighted by Gasteiger charge is 2.27. The van der Waals surface area contributed by atoms with Gasteiger partial charge in [0.2, 0.25) is 0 Å². The minimum atomic E-state index is -0.104. The van der Waals surface area contributed by atoms with Gasteiger partial charge in [-0.1, -0.05) is 60.7 Å². The Bertz CT molecular complexity index is 1030. The Kier molecular flexibility index (Phi) is 5.04. The minimum Gasteiger partial charge on any atom is -0.383 e. The molecule has 4 nitrogen and oxygen atoms in total. The topological polar surface area (TPSA) is 46.6 Å². The molecular weight excluding hydrogens is 350 g/mol. The Morgan fingerprint density at radius 1 is 0.857 bits per heavy atom. The smallest absolute Gasteiger partial charge is 0.254 e. The number of carbonyl (C=O) groups is 2. The molecule has 1 aliphatic rings. The van der Waals surface area contributed by atoms with Crippen LogP contribution in [0.2, 0.25) is 0 Å². The fourth-order valence-corrected chi connectivity index (χ4v) is 3.60. The summed E-state index contributed by atoms with van der Waals surface area (Å²) in [6, 6.07) is 22.8. The molecule has 0 unspecified atom stereocenters. The van der Waals surface area contributed by atoms with Crippen LogP contribution < -0.4 is 0 Å². The molecule has 0 spiro atoms. The highest BCUT2D eigenvalue weighted by Crippen LogP contribution is 2.36. The van der Waals surface area contributed by atoms with Crippen LogP contribution in [0.5, 0.6) is 0 Å². The molecule has 4 heteroatoms. The normalized spacial score (nSPS) is 11.8. The zero-order valence-corrected chi connectivity index (χ0v) is 15.7. The molecule has 1 aliphatic carbocycles. The second kappa shape index (κ2) is 7.79. The van der Waals surface area contributed by atoms with Gasteiger partial charge in [0, 0.05) is 36.9 Å². The van der Waals surface area contributed by atoms with Crippen molar-refractivity contribution in [3.63, 3.8) is 0 Å². The molecule has 0 radical (unpaired) electrons. The molecule has 0 saturated heterocycles. The average Bonchev–Trinajstić information content (AvgIpc) is 3.03. The van der Waals surface area contributed by atoms with Gasteiger partial charge in [-0.2, -0.15) is 0 Å². The molecule has 3 aromatic carbocycles. The maximum atomic E-state index is 13.2. The quantitative estimate of drug-likeness (QED) is 0.511. The number of hydrogen-bond acceptors (Lipinski definition) is 3. The van der Waals surface area contributed by atoms with E-state index >= 15 is 0 Å². The van der Waals surface area contributed by atoms with Crippen LogP contribution in [0.4, 0.5) is 0 Å². The minimum absolute atomic E-state index is 0.0215.